The monoisotopic (exact) mass is 347 g/mol. The highest BCUT2D eigenvalue weighted by atomic mass is 79.9. The van der Waals surface area contributed by atoms with E-state index in [1.807, 2.05) is 0 Å². The maximum atomic E-state index is 12.6. The molecule has 1 aliphatic heterocycles. The molecule has 1 atom stereocenters. The van der Waals surface area contributed by atoms with Gasteiger partial charge in [-0.2, -0.15) is 4.31 Å². The third kappa shape index (κ3) is 2.60. The average Bonchev–Trinajstić information content (AvgIpc) is 2.31. The van der Waals surface area contributed by atoms with Gasteiger partial charge in [0.1, 0.15) is 6.04 Å². The summed E-state index contributed by atoms with van der Waals surface area (Å²) >= 11 is 3.20. The van der Waals surface area contributed by atoms with E-state index in [9.17, 15) is 13.2 Å². The number of hydrogen-bond acceptors (Lipinski definition) is 4. The van der Waals surface area contributed by atoms with Crippen LogP contribution in [0.15, 0.2) is 27.6 Å². The number of carbonyl (C=O) groups is 1. The minimum Gasteiger partial charge on any atom is -0.399 e. The topological polar surface area (TPSA) is 92.5 Å². The Balaban J connectivity index is 2.44. The number of hydrogen-bond donors (Lipinski definition) is 2. The van der Waals surface area contributed by atoms with Crippen molar-refractivity contribution in [2.24, 2.45) is 0 Å². The number of nitrogens with one attached hydrogen (secondary N) is 1. The van der Waals surface area contributed by atoms with Crippen molar-refractivity contribution in [1.82, 2.24) is 9.62 Å². The molecule has 2 rings (SSSR count). The molecule has 0 saturated carbocycles. The number of nitrogens with two attached hydrogens (primary N) is 1. The molecule has 0 bridgehead atoms. The van der Waals surface area contributed by atoms with Crippen molar-refractivity contribution >= 4 is 37.5 Å². The van der Waals surface area contributed by atoms with E-state index < -0.39 is 16.1 Å². The van der Waals surface area contributed by atoms with E-state index in [0.717, 1.165) is 0 Å². The van der Waals surface area contributed by atoms with Crippen molar-refractivity contribution in [2.45, 2.75) is 17.9 Å². The Hall–Kier alpha value is -1.12. The highest BCUT2D eigenvalue weighted by molar-refractivity contribution is 9.10. The van der Waals surface area contributed by atoms with Crippen LogP contribution in [0.2, 0.25) is 0 Å². The minimum absolute atomic E-state index is 0.114. The Bertz CT molecular complexity index is 618. The summed E-state index contributed by atoms with van der Waals surface area (Å²) in [5.41, 5.74) is 6.06. The maximum Gasteiger partial charge on any atom is 0.244 e. The number of sulfonamides is 1. The number of piperazine rings is 1. The van der Waals surface area contributed by atoms with E-state index in [2.05, 4.69) is 21.2 Å². The zero-order valence-electron chi connectivity index (χ0n) is 10.3. The number of carbonyl (C=O) groups excluding carboxylic acids is 1. The highest BCUT2D eigenvalue weighted by Gasteiger charge is 2.36. The van der Waals surface area contributed by atoms with E-state index in [0.29, 0.717) is 16.7 Å². The molecule has 1 unspecified atom stereocenters. The molecular formula is C11H14BrN3O3S. The van der Waals surface area contributed by atoms with E-state index in [1.54, 1.807) is 6.92 Å². The smallest absolute Gasteiger partial charge is 0.244 e. The first-order chi connectivity index (χ1) is 8.84. The normalized spacial score (nSPS) is 21.2. The zero-order chi connectivity index (χ0) is 14.2. The van der Waals surface area contributed by atoms with Gasteiger partial charge in [0.15, 0.2) is 0 Å². The van der Waals surface area contributed by atoms with Gasteiger partial charge >= 0.3 is 0 Å². The second-order valence-electron chi connectivity index (χ2n) is 4.27. The second-order valence-corrected chi connectivity index (χ2v) is 6.99. The van der Waals surface area contributed by atoms with E-state index >= 15 is 0 Å². The van der Waals surface area contributed by atoms with Gasteiger partial charge < -0.3 is 11.1 Å². The number of halogens is 1. The SMILES string of the molecule is CC1C(=O)NCCN1S(=O)(=O)c1ccc(N)cc1Br. The van der Waals surface area contributed by atoms with Gasteiger partial charge in [-0.15, -0.1) is 0 Å². The molecule has 19 heavy (non-hydrogen) atoms. The standard InChI is InChI=1S/C11H14BrN3O3S/c1-7-11(16)14-4-5-15(7)19(17,18)10-3-2-8(13)6-9(10)12/h2-3,6-7H,4-5,13H2,1H3,(H,14,16). The van der Waals surface area contributed by atoms with Crippen LogP contribution in [-0.2, 0) is 14.8 Å². The molecule has 6 nitrogen and oxygen atoms in total. The van der Waals surface area contributed by atoms with Crippen LogP contribution in [-0.4, -0.2) is 37.8 Å². The van der Waals surface area contributed by atoms with E-state index in [-0.39, 0.29) is 17.3 Å². The van der Waals surface area contributed by atoms with Gasteiger partial charge in [0.05, 0.1) is 4.90 Å². The van der Waals surface area contributed by atoms with E-state index in [4.69, 9.17) is 5.73 Å². The van der Waals surface area contributed by atoms with Crippen molar-refractivity contribution in [3.8, 4) is 0 Å². The average molecular weight is 348 g/mol. The summed E-state index contributed by atoms with van der Waals surface area (Å²) in [6.45, 7) is 2.14. The van der Waals surface area contributed by atoms with Gasteiger partial charge in [-0.3, -0.25) is 4.79 Å². The summed E-state index contributed by atoms with van der Waals surface area (Å²) in [6.07, 6.45) is 0. The largest absolute Gasteiger partial charge is 0.399 e. The lowest BCUT2D eigenvalue weighted by atomic mass is 10.2. The van der Waals surface area contributed by atoms with Gasteiger partial charge in [-0.1, -0.05) is 0 Å². The number of amides is 1. The third-order valence-electron chi connectivity index (χ3n) is 2.99. The van der Waals surface area contributed by atoms with Gasteiger partial charge in [0.25, 0.3) is 0 Å². The minimum atomic E-state index is -3.72. The second kappa shape index (κ2) is 5.10. The molecule has 1 aliphatic rings. The molecule has 1 aromatic carbocycles. The number of nitrogens with zero attached hydrogens (tertiary/aromatic N) is 1. The number of rotatable bonds is 2. The molecular weight excluding hydrogens is 334 g/mol. The van der Waals surface area contributed by atoms with Crippen molar-refractivity contribution in [2.75, 3.05) is 18.8 Å². The first-order valence-corrected chi connectivity index (χ1v) is 7.92. The van der Waals surface area contributed by atoms with Crippen LogP contribution >= 0.6 is 15.9 Å². The lowest BCUT2D eigenvalue weighted by Gasteiger charge is -2.32. The fourth-order valence-corrected chi connectivity index (χ4v) is 4.59. The predicted molar refractivity (Wildman–Crippen MR) is 74.9 cm³/mol. The van der Waals surface area contributed by atoms with Gasteiger partial charge in [-0.25, -0.2) is 8.42 Å². The maximum absolute atomic E-state index is 12.6. The van der Waals surface area contributed by atoms with Crippen LogP contribution in [0.3, 0.4) is 0 Å². The van der Waals surface area contributed by atoms with Crippen molar-refractivity contribution < 1.29 is 13.2 Å². The van der Waals surface area contributed by atoms with Gasteiger partial charge in [0.2, 0.25) is 15.9 Å². The Morgan fingerprint density at radius 3 is 2.79 bits per heavy atom. The zero-order valence-corrected chi connectivity index (χ0v) is 12.7. The first kappa shape index (κ1) is 14.3. The molecule has 0 spiro atoms. The van der Waals surface area contributed by atoms with Crippen LogP contribution < -0.4 is 11.1 Å². The Labute approximate surface area is 120 Å². The van der Waals surface area contributed by atoms with Gasteiger partial charge in [0, 0.05) is 23.2 Å². The summed E-state index contributed by atoms with van der Waals surface area (Å²) < 4.78 is 26.7. The molecule has 0 aliphatic carbocycles. The summed E-state index contributed by atoms with van der Waals surface area (Å²) in [6, 6.07) is 3.77. The number of benzene rings is 1. The van der Waals surface area contributed by atoms with Crippen LogP contribution in [0.4, 0.5) is 5.69 Å². The molecule has 104 valence electrons. The fraction of sp³-hybridized carbons (Fsp3) is 0.364. The van der Waals surface area contributed by atoms with Crippen molar-refractivity contribution in [3.05, 3.63) is 22.7 Å². The van der Waals surface area contributed by atoms with Gasteiger partial charge in [-0.05, 0) is 41.1 Å². The molecule has 3 N–H and O–H groups in total. The van der Waals surface area contributed by atoms with E-state index in [1.165, 1.54) is 22.5 Å². The Morgan fingerprint density at radius 2 is 2.16 bits per heavy atom. The third-order valence-corrected chi connectivity index (χ3v) is 5.93. The molecule has 1 amide bonds. The van der Waals surface area contributed by atoms with Crippen molar-refractivity contribution in [3.63, 3.8) is 0 Å². The summed E-state index contributed by atoms with van der Waals surface area (Å²) in [5, 5.41) is 2.63. The summed E-state index contributed by atoms with van der Waals surface area (Å²) in [5.74, 6) is -0.290. The van der Waals surface area contributed by atoms with Crippen LogP contribution in [0.1, 0.15) is 6.92 Å². The lowest BCUT2D eigenvalue weighted by Crippen LogP contribution is -2.55. The van der Waals surface area contributed by atoms with Crippen LogP contribution in [0.5, 0.6) is 0 Å². The highest BCUT2D eigenvalue weighted by Crippen LogP contribution is 2.28. The molecule has 1 saturated heterocycles. The number of nitrogen functional groups attached to an aromatic ring is 1. The fourth-order valence-electron chi connectivity index (χ4n) is 1.94. The Morgan fingerprint density at radius 1 is 1.47 bits per heavy atom. The molecule has 1 fully saturated rings. The quantitative estimate of drug-likeness (QED) is 0.763. The lowest BCUT2D eigenvalue weighted by molar-refractivity contribution is -0.126. The number of anilines is 1. The predicted octanol–water partition coefficient (Wildman–Crippen LogP) is 0.540. The van der Waals surface area contributed by atoms with Crippen LogP contribution in [0, 0.1) is 0 Å². The Kier molecular flexibility index (Phi) is 3.84. The molecule has 8 heteroatoms. The molecule has 0 aromatic heterocycles. The summed E-state index contributed by atoms with van der Waals surface area (Å²) in [7, 11) is -3.72. The molecule has 1 aromatic rings. The van der Waals surface area contributed by atoms with Crippen LogP contribution in [0.25, 0.3) is 0 Å². The molecule has 0 radical (unpaired) electrons. The summed E-state index contributed by atoms with van der Waals surface area (Å²) in [4.78, 5) is 11.7. The molecule has 1 heterocycles. The first-order valence-electron chi connectivity index (χ1n) is 5.68. The van der Waals surface area contributed by atoms with Crippen molar-refractivity contribution in [1.29, 1.82) is 0 Å².